The highest BCUT2D eigenvalue weighted by Gasteiger charge is 2.30. The fourth-order valence-electron chi connectivity index (χ4n) is 2.93. The minimum Gasteiger partial charge on any atom is -0.493 e. The van der Waals surface area contributed by atoms with Crippen molar-refractivity contribution in [2.75, 3.05) is 20.2 Å². The number of hydrogen-bond acceptors (Lipinski definition) is 3. The fourth-order valence-corrected chi connectivity index (χ4v) is 2.93. The summed E-state index contributed by atoms with van der Waals surface area (Å²) in [5.74, 6) is 1.38. The maximum atomic E-state index is 12.6. The van der Waals surface area contributed by atoms with Gasteiger partial charge in [0.25, 0.3) is 0 Å². The number of ether oxygens (including phenoxy) is 2. The van der Waals surface area contributed by atoms with Crippen LogP contribution >= 0.6 is 0 Å². The third kappa shape index (κ3) is 4.45. The molecule has 134 valence electrons. The van der Waals surface area contributed by atoms with Crippen molar-refractivity contribution in [3.05, 3.63) is 53.6 Å². The molecule has 0 bridgehead atoms. The summed E-state index contributed by atoms with van der Waals surface area (Å²) in [6.07, 6.45) is -1.90. The molecule has 3 nitrogen and oxygen atoms in total. The Bertz CT molecular complexity index is 708. The van der Waals surface area contributed by atoms with Crippen molar-refractivity contribution >= 4 is 0 Å². The lowest BCUT2D eigenvalue weighted by molar-refractivity contribution is -0.137. The van der Waals surface area contributed by atoms with Gasteiger partial charge in [0.2, 0.25) is 0 Å². The van der Waals surface area contributed by atoms with Gasteiger partial charge in [-0.15, -0.1) is 0 Å². The smallest absolute Gasteiger partial charge is 0.416 e. The molecule has 0 aromatic heterocycles. The van der Waals surface area contributed by atoms with E-state index in [2.05, 4.69) is 4.90 Å². The summed E-state index contributed by atoms with van der Waals surface area (Å²) in [5.41, 5.74) is 0.422. The first kappa shape index (κ1) is 17.6. The minimum absolute atomic E-state index is 0.332. The number of likely N-dealkylation sites (tertiary alicyclic amines) is 1. The van der Waals surface area contributed by atoms with Crippen molar-refractivity contribution in [2.45, 2.75) is 25.6 Å². The van der Waals surface area contributed by atoms with Crippen molar-refractivity contribution in [1.29, 1.82) is 0 Å². The molecule has 3 rings (SSSR count). The Morgan fingerprint density at radius 1 is 0.960 bits per heavy atom. The van der Waals surface area contributed by atoms with E-state index in [1.165, 1.54) is 25.0 Å². The maximum absolute atomic E-state index is 12.6. The summed E-state index contributed by atoms with van der Waals surface area (Å²) in [6.45, 7) is 3.06. The van der Waals surface area contributed by atoms with E-state index in [9.17, 15) is 13.2 Å². The average molecular weight is 351 g/mol. The van der Waals surface area contributed by atoms with Crippen molar-refractivity contribution in [2.24, 2.45) is 0 Å². The zero-order chi connectivity index (χ0) is 17.9. The molecule has 2 aromatic carbocycles. The number of benzene rings is 2. The van der Waals surface area contributed by atoms with E-state index in [0.717, 1.165) is 37.3 Å². The third-order valence-corrected chi connectivity index (χ3v) is 4.24. The Labute approximate surface area is 145 Å². The molecule has 2 aromatic rings. The normalized spacial score (nSPS) is 15.4. The standard InChI is InChI=1S/C19H20F3NO2/c1-24-18-12-14(13-23-10-2-3-11-23)4-9-17(18)25-16-7-5-15(6-8-16)19(20,21)22/h4-9,12H,2-3,10-11,13H2,1H3. The molecule has 1 aliphatic heterocycles. The van der Waals surface area contributed by atoms with Crippen LogP contribution in [0.3, 0.4) is 0 Å². The second kappa shape index (κ2) is 7.35. The molecule has 1 heterocycles. The van der Waals surface area contributed by atoms with E-state index in [0.29, 0.717) is 17.2 Å². The van der Waals surface area contributed by atoms with Gasteiger partial charge in [0, 0.05) is 6.54 Å². The lowest BCUT2D eigenvalue weighted by Crippen LogP contribution is -2.18. The van der Waals surface area contributed by atoms with Crippen molar-refractivity contribution in [1.82, 2.24) is 4.90 Å². The molecule has 6 heteroatoms. The zero-order valence-electron chi connectivity index (χ0n) is 14.0. The fraction of sp³-hybridized carbons (Fsp3) is 0.368. The molecule has 0 atom stereocenters. The lowest BCUT2D eigenvalue weighted by Gasteiger charge is -2.17. The van der Waals surface area contributed by atoms with Crippen LogP contribution < -0.4 is 9.47 Å². The summed E-state index contributed by atoms with van der Waals surface area (Å²) in [5, 5.41) is 0. The monoisotopic (exact) mass is 351 g/mol. The van der Waals surface area contributed by atoms with Crippen LogP contribution in [-0.2, 0) is 12.7 Å². The van der Waals surface area contributed by atoms with Crippen LogP contribution in [0.5, 0.6) is 17.2 Å². The second-order valence-electron chi connectivity index (χ2n) is 6.09. The van der Waals surface area contributed by atoms with Gasteiger partial charge >= 0.3 is 6.18 Å². The quantitative estimate of drug-likeness (QED) is 0.748. The average Bonchev–Trinajstić information content (AvgIpc) is 3.09. The first-order valence-corrected chi connectivity index (χ1v) is 8.20. The molecule has 0 amide bonds. The van der Waals surface area contributed by atoms with E-state index in [1.54, 1.807) is 13.2 Å². The van der Waals surface area contributed by atoms with Gasteiger partial charge in [0.15, 0.2) is 11.5 Å². The Morgan fingerprint density at radius 3 is 2.24 bits per heavy atom. The van der Waals surface area contributed by atoms with Crippen LogP contribution in [0.1, 0.15) is 24.0 Å². The Morgan fingerprint density at radius 2 is 1.64 bits per heavy atom. The first-order valence-electron chi connectivity index (χ1n) is 8.20. The Hall–Kier alpha value is -2.21. The number of halogens is 3. The number of methoxy groups -OCH3 is 1. The molecular weight excluding hydrogens is 331 g/mol. The van der Waals surface area contributed by atoms with Gasteiger partial charge in [0.05, 0.1) is 12.7 Å². The van der Waals surface area contributed by atoms with Crippen LogP contribution in [0.15, 0.2) is 42.5 Å². The van der Waals surface area contributed by atoms with Gasteiger partial charge in [-0.05, 0) is 67.9 Å². The minimum atomic E-state index is -4.35. The highest BCUT2D eigenvalue weighted by atomic mass is 19.4. The highest BCUT2D eigenvalue weighted by molar-refractivity contribution is 5.45. The van der Waals surface area contributed by atoms with Crippen LogP contribution in [0.25, 0.3) is 0 Å². The van der Waals surface area contributed by atoms with Gasteiger partial charge in [-0.2, -0.15) is 13.2 Å². The highest BCUT2D eigenvalue weighted by Crippen LogP contribution is 2.35. The number of hydrogen-bond donors (Lipinski definition) is 0. The largest absolute Gasteiger partial charge is 0.493 e. The van der Waals surface area contributed by atoms with Gasteiger partial charge in [0.1, 0.15) is 5.75 Å². The van der Waals surface area contributed by atoms with Crippen LogP contribution in [0, 0.1) is 0 Å². The number of alkyl halides is 3. The molecular formula is C19H20F3NO2. The molecule has 0 spiro atoms. The summed E-state index contributed by atoms with van der Waals surface area (Å²) in [7, 11) is 1.55. The summed E-state index contributed by atoms with van der Waals surface area (Å²) < 4.78 is 48.9. The molecule has 1 aliphatic rings. The van der Waals surface area contributed by atoms with E-state index >= 15 is 0 Å². The molecule has 1 fully saturated rings. The van der Waals surface area contributed by atoms with Gasteiger partial charge in [-0.1, -0.05) is 6.07 Å². The Kier molecular flexibility index (Phi) is 5.18. The first-order chi connectivity index (χ1) is 12.0. The molecule has 0 unspecified atom stereocenters. The number of nitrogens with zero attached hydrogens (tertiary/aromatic N) is 1. The molecule has 0 radical (unpaired) electrons. The van der Waals surface area contributed by atoms with Crippen molar-refractivity contribution in [3.8, 4) is 17.2 Å². The van der Waals surface area contributed by atoms with E-state index < -0.39 is 11.7 Å². The summed E-state index contributed by atoms with van der Waals surface area (Å²) in [4.78, 5) is 2.38. The second-order valence-corrected chi connectivity index (χ2v) is 6.09. The molecule has 0 saturated carbocycles. The van der Waals surface area contributed by atoms with E-state index in [1.807, 2.05) is 12.1 Å². The van der Waals surface area contributed by atoms with Crippen LogP contribution in [0.2, 0.25) is 0 Å². The predicted octanol–water partition coefficient (Wildman–Crippen LogP) is 5.10. The van der Waals surface area contributed by atoms with Gasteiger partial charge < -0.3 is 9.47 Å². The molecule has 1 saturated heterocycles. The predicted molar refractivity (Wildman–Crippen MR) is 89.0 cm³/mol. The molecule has 0 aliphatic carbocycles. The zero-order valence-corrected chi connectivity index (χ0v) is 14.0. The van der Waals surface area contributed by atoms with Crippen molar-refractivity contribution in [3.63, 3.8) is 0 Å². The number of rotatable bonds is 5. The third-order valence-electron chi connectivity index (χ3n) is 4.24. The molecule has 0 N–H and O–H groups in total. The van der Waals surface area contributed by atoms with E-state index in [4.69, 9.17) is 9.47 Å². The van der Waals surface area contributed by atoms with Crippen LogP contribution in [0.4, 0.5) is 13.2 Å². The summed E-state index contributed by atoms with van der Waals surface area (Å²) in [6, 6.07) is 10.3. The van der Waals surface area contributed by atoms with E-state index in [-0.39, 0.29) is 0 Å². The molecule has 25 heavy (non-hydrogen) atoms. The van der Waals surface area contributed by atoms with Gasteiger partial charge in [-0.25, -0.2) is 0 Å². The topological polar surface area (TPSA) is 21.7 Å². The Balaban J connectivity index is 1.73. The SMILES string of the molecule is COc1cc(CN2CCCC2)ccc1Oc1ccc(C(F)(F)F)cc1. The van der Waals surface area contributed by atoms with Gasteiger partial charge in [-0.3, -0.25) is 4.90 Å². The van der Waals surface area contributed by atoms with Crippen LogP contribution in [-0.4, -0.2) is 25.1 Å². The lowest BCUT2D eigenvalue weighted by atomic mass is 10.2. The van der Waals surface area contributed by atoms with Crippen molar-refractivity contribution < 1.29 is 22.6 Å². The summed E-state index contributed by atoms with van der Waals surface area (Å²) >= 11 is 0. The maximum Gasteiger partial charge on any atom is 0.416 e.